The number of imidazole rings is 2. The SMILES string of the molecule is Nc1nc2c(ncn2[C@@H]2OC3CPC[C@H]4[C@H](F)[C@H](n5cnc6c(N)ncnc65)O[C@@H]4CO[PH](=O)O[C@@H]2[C@H]3F)c(=O)[nH]1. The number of ether oxygens (including phenoxy) is 2. The van der Waals surface area contributed by atoms with E-state index >= 15 is 8.78 Å². The zero-order chi connectivity index (χ0) is 28.4. The molecular weight excluding hydrogens is 588 g/mol. The van der Waals surface area contributed by atoms with Crippen molar-refractivity contribution in [1.29, 1.82) is 0 Å². The van der Waals surface area contributed by atoms with Gasteiger partial charge in [0.1, 0.15) is 17.9 Å². The van der Waals surface area contributed by atoms with Gasteiger partial charge in [-0.15, -0.1) is 8.58 Å². The van der Waals surface area contributed by atoms with Gasteiger partial charge in [0.25, 0.3) is 5.56 Å². The summed E-state index contributed by atoms with van der Waals surface area (Å²) in [6.07, 6.45) is -4.10. The Labute approximate surface area is 230 Å². The first-order chi connectivity index (χ1) is 19.8. The molecule has 7 rings (SSSR count). The molecule has 0 spiro atoms. The Kier molecular flexibility index (Phi) is 6.71. The number of aromatic nitrogens is 8. The van der Waals surface area contributed by atoms with Crippen LogP contribution in [0.3, 0.4) is 0 Å². The molecule has 0 amide bonds. The van der Waals surface area contributed by atoms with Gasteiger partial charge in [-0.2, -0.15) is 4.98 Å². The number of nitrogens with zero attached hydrogens (tertiary/aromatic N) is 7. The highest BCUT2D eigenvalue weighted by Crippen LogP contribution is 2.46. The summed E-state index contributed by atoms with van der Waals surface area (Å²) in [6.45, 7) is -0.256. The third-order valence-corrected chi connectivity index (χ3v) is 9.76. The quantitative estimate of drug-likeness (QED) is 0.266. The van der Waals surface area contributed by atoms with Gasteiger partial charge in [-0.3, -0.25) is 28.0 Å². The van der Waals surface area contributed by atoms with E-state index in [4.69, 9.17) is 30.0 Å². The van der Waals surface area contributed by atoms with Crippen LogP contribution >= 0.6 is 16.8 Å². The predicted molar refractivity (Wildman–Crippen MR) is 141 cm³/mol. The molecule has 3 aliphatic heterocycles. The third-order valence-electron chi connectivity index (χ3n) is 7.45. The molecule has 3 aliphatic rings. The lowest BCUT2D eigenvalue weighted by Crippen LogP contribution is -2.32. The fraction of sp³-hybridized carbons (Fsp3) is 0.524. The standard InChI is InChI=1S/C21H24F2N10O6P2/c22-10-7-2-40-3-9-11(23)14(20(38-9)33-6-29-13-17(33)30-21(25)31-18(13)34)39-41(35)36-1-8(7)37-19(10)32-5-28-12-15(24)26-4-27-16(12)32/h4-11,14,19-20,40-41H,1-3H2,(H2,24,26,27)(H3,25,30,31,34)/t7-,8-,9?,10+,11+,14-,19-,20-/m1/s1. The highest BCUT2D eigenvalue weighted by atomic mass is 31.1. The number of rotatable bonds is 2. The fourth-order valence-corrected chi connectivity index (χ4v) is 7.91. The maximum atomic E-state index is 15.9. The van der Waals surface area contributed by atoms with E-state index in [1.54, 1.807) is 0 Å². The topological polar surface area (TPSA) is 213 Å². The molecule has 41 heavy (non-hydrogen) atoms. The van der Waals surface area contributed by atoms with Crippen molar-refractivity contribution in [1.82, 2.24) is 39.0 Å². The van der Waals surface area contributed by atoms with Crippen LogP contribution in [0.5, 0.6) is 0 Å². The molecule has 0 aromatic carbocycles. The van der Waals surface area contributed by atoms with Gasteiger partial charge in [0.15, 0.2) is 47.4 Å². The first-order valence-corrected chi connectivity index (χ1v) is 15.2. The molecule has 2 bridgehead atoms. The first kappa shape index (κ1) is 26.7. The molecule has 3 fully saturated rings. The number of fused-ring (bicyclic) bond motifs is 5. The minimum Gasteiger partial charge on any atom is -0.382 e. The smallest absolute Gasteiger partial charge is 0.319 e. The number of halogens is 2. The summed E-state index contributed by atoms with van der Waals surface area (Å²) in [6, 6.07) is 0. The van der Waals surface area contributed by atoms with Gasteiger partial charge in [0.2, 0.25) is 5.95 Å². The van der Waals surface area contributed by atoms with Crippen molar-refractivity contribution >= 4 is 50.9 Å². The molecule has 16 nitrogen and oxygen atoms in total. The monoisotopic (exact) mass is 612 g/mol. The van der Waals surface area contributed by atoms with Crippen LogP contribution in [-0.4, -0.2) is 88.6 Å². The normalized spacial score (nSPS) is 35.0. The lowest BCUT2D eigenvalue weighted by molar-refractivity contribution is -0.0402. The molecule has 10 atom stereocenters. The predicted octanol–water partition coefficient (Wildman–Crippen LogP) is 0.695. The average molecular weight is 612 g/mol. The number of alkyl halides is 2. The summed E-state index contributed by atoms with van der Waals surface area (Å²) >= 11 is 0. The van der Waals surface area contributed by atoms with Crippen molar-refractivity contribution in [3.8, 4) is 0 Å². The van der Waals surface area contributed by atoms with Gasteiger partial charge in [-0.1, -0.05) is 0 Å². The lowest BCUT2D eigenvalue weighted by atomic mass is 10.0. The molecule has 0 aliphatic carbocycles. The third kappa shape index (κ3) is 4.49. The van der Waals surface area contributed by atoms with E-state index < -0.39 is 62.8 Å². The van der Waals surface area contributed by atoms with E-state index in [0.717, 1.165) is 0 Å². The Hall–Kier alpha value is -3.14. The summed E-state index contributed by atoms with van der Waals surface area (Å²) < 4.78 is 70.3. The minimum atomic E-state index is -3.31. The van der Waals surface area contributed by atoms with Gasteiger partial charge < -0.3 is 25.5 Å². The van der Waals surface area contributed by atoms with Crippen LogP contribution in [0.4, 0.5) is 20.5 Å². The summed E-state index contributed by atoms with van der Waals surface area (Å²) in [5.41, 5.74) is 11.6. The highest BCUT2D eigenvalue weighted by molar-refractivity contribution is 7.38. The van der Waals surface area contributed by atoms with Crippen LogP contribution in [0.15, 0.2) is 23.8 Å². The molecule has 4 aromatic heterocycles. The molecule has 0 saturated carbocycles. The second-order valence-corrected chi connectivity index (χ2v) is 12.2. The van der Waals surface area contributed by atoms with Crippen LogP contribution in [0.25, 0.3) is 22.3 Å². The highest BCUT2D eigenvalue weighted by Gasteiger charge is 2.50. The Morgan fingerprint density at radius 3 is 2.56 bits per heavy atom. The minimum absolute atomic E-state index is 0.0301. The molecule has 5 N–H and O–H groups in total. The van der Waals surface area contributed by atoms with Crippen LogP contribution < -0.4 is 17.0 Å². The number of H-pyrrole nitrogens is 1. The maximum Gasteiger partial charge on any atom is 0.319 e. The van der Waals surface area contributed by atoms with Crippen LogP contribution in [0.2, 0.25) is 0 Å². The molecule has 3 saturated heterocycles. The van der Waals surface area contributed by atoms with Crippen LogP contribution in [-0.2, 0) is 23.1 Å². The Balaban J connectivity index is 1.14. The lowest BCUT2D eigenvalue weighted by Gasteiger charge is -2.23. The number of nitrogens with one attached hydrogen (secondary N) is 1. The van der Waals surface area contributed by atoms with E-state index in [-0.39, 0.29) is 44.3 Å². The number of nitrogens with two attached hydrogens (primary N) is 2. The Bertz CT molecular complexity index is 1700. The summed E-state index contributed by atoms with van der Waals surface area (Å²) in [4.78, 5) is 35.0. The number of hydrogen-bond acceptors (Lipinski definition) is 13. The van der Waals surface area contributed by atoms with Gasteiger partial charge in [0, 0.05) is 5.92 Å². The molecule has 20 heteroatoms. The van der Waals surface area contributed by atoms with Gasteiger partial charge in [-0.05, 0) is 12.3 Å². The fourth-order valence-electron chi connectivity index (χ4n) is 5.48. The maximum absolute atomic E-state index is 15.9. The number of nitrogen functional groups attached to an aromatic ring is 2. The largest absolute Gasteiger partial charge is 0.382 e. The first-order valence-electron chi connectivity index (χ1n) is 12.6. The second-order valence-electron chi connectivity index (χ2n) is 9.84. The zero-order valence-corrected chi connectivity index (χ0v) is 23.0. The molecule has 218 valence electrons. The Morgan fingerprint density at radius 1 is 0.976 bits per heavy atom. The van der Waals surface area contributed by atoms with Gasteiger partial charge in [-0.25, -0.2) is 28.7 Å². The molecular formula is C21H24F2N10O6P2. The summed E-state index contributed by atoms with van der Waals surface area (Å²) in [5, 5.41) is 0. The number of hydrogen-bond donors (Lipinski definition) is 3. The van der Waals surface area contributed by atoms with Crippen LogP contribution in [0, 0.1) is 5.92 Å². The van der Waals surface area contributed by atoms with Crippen molar-refractivity contribution in [3.63, 3.8) is 0 Å². The van der Waals surface area contributed by atoms with Crippen molar-refractivity contribution in [3.05, 3.63) is 29.3 Å². The molecule has 7 heterocycles. The molecule has 3 unspecified atom stereocenters. The van der Waals surface area contributed by atoms with Crippen molar-refractivity contribution in [2.75, 3.05) is 30.4 Å². The van der Waals surface area contributed by atoms with E-state index in [2.05, 4.69) is 29.9 Å². The molecule has 0 radical (unpaired) electrons. The van der Waals surface area contributed by atoms with Crippen LogP contribution in [0.1, 0.15) is 12.5 Å². The second kappa shape index (κ2) is 10.3. The molecule has 4 aromatic rings. The van der Waals surface area contributed by atoms with Crippen molar-refractivity contribution in [2.45, 2.75) is 43.1 Å². The van der Waals surface area contributed by atoms with E-state index in [0.29, 0.717) is 17.3 Å². The summed E-state index contributed by atoms with van der Waals surface area (Å²) in [5.74, 6) is -0.674. The van der Waals surface area contributed by atoms with Gasteiger partial charge in [0.05, 0.1) is 31.5 Å². The number of aromatic amines is 1. The Morgan fingerprint density at radius 2 is 1.73 bits per heavy atom. The van der Waals surface area contributed by atoms with E-state index in [1.165, 1.54) is 28.1 Å². The van der Waals surface area contributed by atoms with E-state index in [1.807, 2.05) is 0 Å². The number of anilines is 2. The van der Waals surface area contributed by atoms with Gasteiger partial charge >= 0.3 is 8.25 Å². The van der Waals surface area contributed by atoms with E-state index in [9.17, 15) is 9.36 Å². The zero-order valence-electron chi connectivity index (χ0n) is 21.0. The van der Waals surface area contributed by atoms with Crippen molar-refractivity contribution < 1.29 is 31.9 Å². The average Bonchev–Trinajstić information content (AvgIpc) is 3.69. The van der Waals surface area contributed by atoms with Crippen molar-refractivity contribution in [2.24, 2.45) is 5.92 Å². The summed E-state index contributed by atoms with van der Waals surface area (Å²) in [7, 11) is -3.23.